The highest BCUT2D eigenvalue weighted by Gasteiger charge is 2.20. The monoisotopic (exact) mass is 377 g/mol. The number of hydrogen-bond donors (Lipinski definition) is 0. The normalized spacial score (nSPS) is 11.2. The second-order valence-electron chi connectivity index (χ2n) is 6.24. The molecular weight excluding hydrogens is 358 g/mol. The van der Waals surface area contributed by atoms with Crippen LogP contribution in [0.25, 0.3) is 15.9 Å². The molecule has 136 valence electrons. The van der Waals surface area contributed by atoms with Crippen molar-refractivity contribution < 1.29 is 4.79 Å². The van der Waals surface area contributed by atoms with Gasteiger partial charge < -0.3 is 4.90 Å². The minimum Gasteiger partial charge on any atom is -0.308 e. The van der Waals surface area contributed by atoms with E-state index in [1.165, 1.54) is 21.3 Å². The number of carbonyl (C=O) groups is 1. The van der Waals surface area contributed by atoms with Crippen molar-refractivity contribution in [2.45, 2.75) is 20.3 Å². The molecule has 27 heavy (non-hydrogen) atoms. The first kappa shape index (κ1) is 17.4. The fourth-order valence-electron chi connectivity index (χ4n) is 3.14. The van der Waals surface area contributed by atoms with Gasteiger partial charge in [-0.2, -0.15) is 0 Å². The van der Waals surface area contributed by atoms with Gasteiger partial charge in [-0.1, -0.05) is 25.1 Å². The van der Waals surface area contributed by atoms with Crippen LogP contribution in [0.2, 0.25) is 0 Å². The molecule has 4 rings (SSSR count). The first-order valence-electron chi connectivity index (χ1n) is 8.94. The molecule has 0 aliphatic carbocycles. The van der Waals surface area contributed by atoms with Crippen molar-refractivity contribution in [1.29, 1.82) is 0 Å². The van der Waals surface area contributed by atoms with Gasteiger partial charge in [0.15, 0.2) is 0 Å². The van der Waals surface area contributed by atoms with Gasteiger partial charge in [-0.3, -0.25) is 14.0 Å². The Balaban J connectivity index is 1.77. The molecule has 4 aromatic rings. The van der Waals surface area contributed by atoms with Crippen LogP contribution in [-0.2, 0) is 6.42 Å². The van der Waals surface area contributed by atoms with E-state index in [9.17, 15) is 9.59 Å². The molecule has 0 fully saturated rings. The minimum absolute atomic E-state index is 0.113. The topological polar surface area (TPSA) is 54.7 Å². The summed E-state index contributed by atoms with van der Waals surface area (Å²) in [4.78, 5) is 33.2. The van der Waals surface area contributed by atoms with Crippen LogP contribution < -0.4 is 10.5 Å². The second-order valence-corrected chi connectivity index (χ2v) is 7.28. The van der Waals surface area contributed by atoms with Crippen molar-refractivity contribution in [3.63, 3.8) is 0 Å². The highest BCUT2D eigenvalue weighted by Crippen LogP contribution is 2.26. The number of nitrogens with zero attached hydrogens (tertiary/aromatic N) is 3. The Labute approximate surface area is 160 Å². The zero-order valence-electron chi connectivity index (χ0n) is 15.2. The number of benzene rings is 1. The number of anilines is 1. The van der Waals surface area contributed by atoms with E-state index in [2.05, 4.69) is 11.9 Å². The predicted octanol–water partition coefficient (Wildman–Crippen LogP) is 4.14. The summed E-state index contributed by atoms with van der Waals surface area (Å²) >= 11 is 1.26. The summed E-state index contributed by atoms with van der Waals surface area (Å²) in [6.45, 7) is 4.60. The molecular formula is C21H19N3O2S. The Bertz CT molecular complexity index is 1190. The molecule has 3 heterocycles. The molecule has 3 aromatic heterocycles. The molecule has 0 atom stereocenters. The molecule has 5 nitrogen and oxygen atoms in total. The van der Waals surface area contributed by atoms with Crippen LogP contribution in [0.4, 0.5) is 5.69 Å². The Morgan fingerprint density at radius 3 is 2.63 bits per heavy atom. The third-order valence-corrected chi connectivity index (χ3v) is 5.66. The van der Waals surface area contributed by atoms with Crippen molar-refractivity contribution in [3.8, 4) is 0 Å². The number of aryl methyl sites for hydroxylation is 1. The number of carbonyl (C=O) groups excluding carboxylic acids is 1. The van der Waals surface area contributed by atoms with Gasteiger partial charge in [0.1, 0.15) is 10.5 Å². The van der Waals surface area contributed by atoms with Crippen molar-refractivity contribution in [1.82, 2.24) is 9.38 Å². The van der Waals surface area contributed by atoms with Gasteiger partial charge in [0.2, 0.25) is 0 Å². The molecule has 1 amide bonds. The van der Waals surface area contributed by atoms with Gasteiger partial charge in [-0.25, -0.2) is 4.98 Å². The third kappa shape index (κ3) is 3.02. The average Bonchev–Trinajstić information content (AvgIpc) is 3.13. The Kier molecular flexibility index (Phi) is 4.49. The summed E-state index contributed by atoms with van der Waals surface area (Å²) < 4.78 is 1.50. The molecule has 0 radical (unpaired) electrons. The summed E-state index contributed by atoms with van der Waals surface area (Å²) in [6, 6.07) is 15.1. The van der Waals surface area contributed by atoms with E-state index in [1.54, 1.807) is 29.3 Å². The maximum absolute atomic E-state index is 13.1. The molecule has 0 spiro atoms. The quantitative estimate of drug-likeness (QED) is 0.537. The van der Waals surface area contributed by atoms with Crippen LogP contribution in [0.5, 0.6) is 0 Å². The molecule has 0 N–H and O–H groups in total. The van der Waals surface area contributed by atoms with Crippen LogP contribution in [0.15, 0.2) is 59.5 Å². The maximum atomic E-state index is 13.1. The highest BCUT2D eigenvalue weighted by atomic mass is 32.1. The molecule has 0 aliphatic heterocycles. The summed E-state index contributed by atoms with van der Waals surface area (Å²) in [5.74, 6) is -0.113. The Morgan fingerprint density at radius 1 is 1.15 bits per heavy atom. The molecule has 0 unspecified atom stereocenters. The van der Waals surface area contributed by atoms with Crippen LogP contribution in [0, 0.1) is 0 Å². The molecule has 0 saturated heterocycles. The third-order valence-electron chi connectivity index (χ3n) is 4.64. The summed E-state index contributed by atoms with van der Waals surface area (Å²) in [7, 11) is 0. The zero-order valence-corrected chi connectivity index (χ0v) is 16.0. The van der Waals surface area contributed by atoms with Gasteiger partial charge in [0.05, 0.1) is 10.3 Å². The number of aromatic nitrogens is 2. The fourth-order valence-corrected chi connectivity index (χ4v) is 4.12. The lowest BCUT2D eigenvalue weighted by atomic mass is 10.1. The number of fused-ring (bicyclic) bond motifs is 2. The van der Waals surface area contributed by atoms with E-state index in [1.807, 2.05) is 37.3 Å². The fraction of sp³-hybridized carbons (Fsp3) is 0.190. The SMILES string of the molecule is CCc1ccc(N(CC)C(=O)c2cc3c(=O)n4ccccc4nc3s2)cc1. The van der Waals surface area contributed by atoms with Crippen molar-refractivity contribution in [2.75, 3.05) is 11.4 Å². The van der Waals surface area contributed by atoms with Crippen LogP contribution >= 0.6 is 11.3 Å². The van der Waals surface area contributed by atoms with Crippen LogP contribution in [-0.4, -0.2) is 21.8 Å². The minimum atomic E-state index is -0.152. The van der Waals surface area contributed by atoms with Crippen LogP contribution in [0.1, 0.15) is 29.1 Å². The first-order valence-corrected chi connectivity index (χ1v) is 9.75. The van der Waals surface area contributed by atoms with Gasteiger partial charge in [0, 0.05) is 18.4 Å². The maximum Gasteiger partial charge on any atom is 0.268 e. The molecule has 1 aromatic carbocycles. The van der Waals surface area contributed by atoms with E-state index >= 15 is 0 Å². The lowest BCUT2D eigenvalue weighted by Gasteiger charge is -2.20. The van der Waals surface area contributed by atoms with Gasteiger partial charge in [-0.05, 0) is 49.2 Å². The molecule has 0 aliphatic rings. The van der Waals surface area contributed by atoms with Gasteiger partial charge in [-0.15, -0.1) is 11.3 Å². The number of amides is 1. The molecule has 6 heteroatoms. The first-order chi connectivity index (χ1) is 13.1. The van der Waals surface area contributed by atoms with E-state index in [-0.39, 0.29) is 11.5 Å². The van der Waals surface area contributed by atoms with Crippen molar-refractivity contribution in [2.24, 2.45) is 0 Å². The highest BCUT2D eigenvalue weighted by molar-refractivity contribution is 7.20. The summed E-state index contributed by atoms with van der Waals surface area (Å²) in [5, 5.41) is 0.476. The largest absolute Gasteiger partial charge is 0.308 e. The van der Waals surface area contributed by atoms with Gasteiger partial charge in [0.25, 0.3) is 11.5 Å². The zero-order chi connectivity index (χ0) is 19.0. The lowest BCUT2D eigenvalue weighted by molar-refractivity contribution is 0.0992. The van der Waals surface area contributed by atoms with Crippen molar-refractivity contribution >= 4 is 38.8 Å². The van der Waals surface area contributed by atoms with E-state index in [0.717, 1.165) is 12.1 Å². The average molecular weight is 377 g/mol. The molecule has 0 bridgehead atoms. The van der Waals surface area contributed by atoms with Crippen molar-refractivity contribution in [3.05, 3.63) is 75.5 Å². The van der Waals surface area contributed by atoms with E-state index in [0.29, 0.717) is 27.3 Å². The Morgan fingerprint density at radius 2 is 1.93 bits per heavy atom. The summed E-state index contributed by atoms with van der Waals surface area (Å²) in [6.07, 6.45) is 2.65. The summed E-state index contributed by atoms with van der Waals surface area (Å²) in [5.41, 5.74) is 2.51. The second kappa shape index (κ2) is 6.96. The smallest absolute Gasteiger partial charge is 0.268 e. The standard InChI is InChI=1S/C21H19N3O2S/c1-3-14-8-10-15(11-9-14)23(4-2)21(26)17-13-16-19(27-17)22-18-7-5-6-12-24(18)20(16)25/h5-13H,3-4H2,1-2H3. The number of hydrogen-bond acceptors (Lipinski definition) is 4. The van der Waals surface area contributed by atoms with E-state index < -0.39 is 0 Å². The number of rotatable bonds is 4. The number of pyridine rings is 1. The molecule has 0 saturated carbocycles. The lowest BCUT2D eigenvalue weighted by Crippen LogP contribution is -2.29. The van der Waals surface area contributed by atoms with E-state index in [4.69, 9.17) is 0 Å². The van der Waals surface area contributed by atoms with Crippen LogP contribution in [0.3, 0.4) is 0 Å². The Hall–Kier alpha value is -2.99. The number of thiophene rings is 1. The van der Waals surface area contributed by atoms with Gasteiger partial charge >= 0.3 is 0 Å². The predicted molar refractivity (Wildman–Crippen MR) is 110 cm³/mol.